The smallest absolute Gasteiger partial charge is 0.144 e. The lowest BCUT2D eigenvalue weighted by atomic mass is 10.3. The second kappa shape index (κ2) is 5.25. The van der Waals surface area contributed by atoms with Crippen LogP contribution >= 0.6 is 23.2 Å². The highest BCUT2D eigenvalue weighted by atomic mass is 35.5. The first-order chi connectivity index (χ1) is 7.30. The molecule has 0 N–H and O–H groups in total. The molecule has 3 nitrogen and oxygen atoms in total. The Balaban J connectivity index is 2.89. The lowest BCUT2D eigenvalue weighted by Gasteiger charge is -2.12. The molecule has 1 rings (SSSR count). The summed E-state index contributed by atoms with van der Waals surface area (Å²) in [5.74, 6) is 0. The van der Waals surface area contributed by atoms with Gasteiger partial charge in [-0.1, -0.05) is 23.2 Å². The third kappa shape index (κ3) is 3.85. The SMILES string of the molecule is CC(C)(C)[S@](=O)N=Cc1cnc(Cl)cc1Cl. The monoisotopic (exact) mass is 278 g/mol. The molecule has 0 radical (unpaired) electrons. The Morgan fingerprint density at radius 3 is 2.56 bits per heavy atom. The van der Waals surface area contributed by atoms with Crippen LogP contribution in [0.5, 0.6) is 0 Å². The van der Waals surface area contributed by atoms with Gasteiger partial charge < -0.3 is 0 Å². The highest BCUT2D eigenvalue weighted by Crippen LogP contribution is 2.18. The third-order valence-electron chi connectivity index (χ3n) is 1.66. The predicted molar refractivity (Wildman–Crippen MR) is 69.7 cm³/mol. The highest BCUT2D eigenvalue weighted by Gasteiger charge is 2.18. The van der Waals surface area contributed by atoms with Crippen LogP contribution in [0.3, 0.4) is 0 Å². The van der Waals surface area contributed by atoms with Crippen molar-refractivity contribution in [2.45, 2.75) is 25.5 Å². The molecular formula is C10H12Cl2N2OS. The van der Waals surface area contributed by atoms with Crippen LogP contribution in [0, 0.1) is 0 Å². The van der Waals surface area contributed by atoms with E-state index in [9.17, 15) is 4.21 Å². The second-order valence-electron chi connectivity index (χ2n) is 4.12. The number of aromatic nitrogens is 1. The minimum Gasteiger partial charge on any atom is -0.244 e. The molecule has 0 aliphatic carbocycles. The Morgan fingerprint density at radius 1 is 1.44 bits per heavy atom. The summed E-state index contributed by atoms with van der Waals surface area (Å²) in [4.78, 5) is 3.87. The van der Waals surface area contributed by atoms with E-state index in [1.54, 1.807) is 0 Å². The average molecular weight is 279 g/mol. The molecule has 0 amide bonds. The van der Waals surface area contributed by atoms with Crippen LogP contribution in [0.25, 0.3) is 0 Å². The minimum atomic E-state index is -1.30. The topological polar surface area (TPSA) is 42.3 Å². The van der Waals surface area contributed by atoms with Crippen molar-refractivity contribution in [2.24, 2.45) is 4.40 Å². The summed E-state index contributed by atoms with van der Waals surface area (Å²) in [6.45, 7) is 5.55. The zero-order chi connectivity index (χ0) is 12.3. The summed E-state index contributed by atoms with van der Waals surface area (Å²) in [5.41, 5.74) is 0.601. The van der Waals surface area contributed by atoms with E-state index in [-0.39, 0.29) is 4.75 Å². The number of pyridine rings is 1. The van der Waals surface area contributed by atoms with Gasteiger partial charge >= 0.3 is 0 Å². The van der Waals surface area contributed by atoms with Crippen LogP contribution in [0.2, 0.25) is 10.2 Å². The van der Waals surface area contributed by atoms with Crippen molar-refractivity contribution < 1.29 is 4.21 Å². The van der Waals surface area contributed by atoms with Crippen molar-refractivity contribution in [2.75, 3.05) is 0 Å². The zero-order valence-electron chi connectivity index (χ0n) is 9.20. The molecule has 0 bridgehead atoms. The molecule has 88 valence electrons. The van der Waals surface area contributed by atoms with Gasteiger partial charge in [0.25, 0.3) is 0 Å². The Labute approximate surface area is 107 Å². The fourth-order valence-electron chi connectivity index (χ4n) is 0.776. The average Bonchev–Trinajstić information content (AvgIpc) is 2.14. The van der Waals surface area contributed by atoms with Crippen molar-refractivity contribution in [1.82, 2.24) is 4.98 Å². The third-order valence-corrected chi connectivity index (χ3v) is 3.54. The Kier molecular flexibility index (Phi) is 4.47. The first-order valence-corrected chi connectivity index (χ1v) is 6.44. The Morgan fingerprint density at radius 2 is 2.06 bits per heavy atom. The van der Waals surface area contributed by atoms with E-state index in [4.69, 9.17) is 23.2 Å². The van der Waals surface area contributed by atoms with E-state index >= 15 is 0 Å². The molecule has 0 aliphatic rings. The summed E-state index contributed by atoms with van der Waals surface area (Å²) in [6, 6.07) is 1.52. The molecule has 6 heteroatoms. The fraction of sp³-hybridized carbons (Fsp3) is 0.400. The van der Waals surface area contributed by atoms with Gasteiger partial charge in [-0.05, 0) is 26.8 Å². The molecular weight excluding hydrogens is 267 g/mol. The van der Waals surface area contributed by atoms with Gasteiger partial charge in [-0.2, -0.15) is 4.40 Å². The van der Waals surface area contributed by atoms with Gasteiger partial charge in [-0.15, -0.1) is 0 Å². The molecule has 0 aromatic carbocycles. The number of nitrogens with zero attached hydrogens (tertiary/aromatic N) is 2. The maximum Gasteiger partial charge on any atom is 0.144 e. The van der Waals surface area contributed by atoms with E-state index in [2.05, 4.69) is 9.38 Å². The van der Waals surface area contributed by atoms with E-state index < -0.39 is 11.0 Å². The maximum absolute atomic E-state index is 11.6. The van der Waals surface area contributed by atoms with E-state index in [0.29, 0.717) is 15.7 Å². The number of hydrogen-bond donors (Lipinski definition) is 0. The van der Waals surface area contributed by atoms with Gasteiger partial charge in [-0.3, -0.25) is 0 Å². The van der Waals surface area contributed by atoms with Crippen LogP contribution in [0.15, 0.2) is 16.7 Å². The normalized spacial score (nSPS) is 14.3. The van der Waals surface area contributed by atoms with Crippen molar-refractivity contribution >= 4 is 40.4 Å². The van der Waals surface area contributed by atoms with Crippen LogP contribution in [0.1, 0.15) is 26.3 Å². The zero-order valence-corrected chi connectivity index (χ0v) is 11.5. The molecule has 0 saturated heterocycles. The van der Waals surface area contributed by atoms with Crippen LogP contribution < -0.4 is 0 Å². The van der Waals surface area contributed by atoms with Gasteiger partial charge in [-0.25, -0.2) is 9.19 Å². The summed E-state index contributed by atoms with van der Waals surface area (Å²) < 4.78 is 15.2. The second-order valence-corrected chi connectivity index (χ2v) is 6.85. The largest absolute Gasteiger partial charge is 0.244 e. The first-order valence-electron chi connectivity index (χ1n) is 4.58. The molecule has 1 aromatic heterocycles. The van der Waals surface area contributed by atoms with Crippen molar-refractivity contribution in [3.63, 3.8) is 0 Å². The number of halogens is 2. The molecule has 0 saturated carbocycles. The van der Waals surface area contributed by atoms with Gasteiger partial charge in [0.2, 0.25) is 0 Å². The molecule has 0 aliphatic heterocycles. The molecule has 0 fully saturated rings. The lowest BCUT2D eigenvalue weighted by molar-refractivity contribution is 0.651. The van der Waals surface area contributed by atoms with Crippen LogP contribution in [-0.2, 0) is 11.0 Å². The molecule has 16 heavy (non-hydrogen) atoms. The Hall–Kier alpha value is -0.450. The maximum atomic E-state index is 11.6. The molecule has 1 atom stereocenters. The Bertz CT molecular complexity index is 441. The van der Waals surface area contributed by atoms with Gasteiger partial charge in [0.05, 0.1) is 9.77 Å². The number of hydrogen-bond acceptors (Lipinski definition) is 2. The van der Waals surface area contributed by atoms with Crippen molar-refractivity contribution in [3.05, 3.63) is 28.0 Å². The lowest BCUT2D eigenvalue weighted by Crippen LogP contribution is -2.19. The molecule has 0 spiro atoms. The fourth-order valence-corrected chi connectivity index (χ4v) is 1.72. The van der Waals surface area contributed by atoms with Gasteiger partial charge in [0.1, 0.15) is 16.1 Å². The van der Waals surface area contributed by atoms with Crippen molar-refractivity contribution in [1.29, 1.82) is 0 Å². The standard InChI is InChI=1S/C10H12Cl2N2OS/c1-10(2,3)16(15)14-6-7-5-13-9(12)4-8(7)11/h4-6H,1-3H3/t16-/m0/s1. The van der Waals surface area contributed by atoms with Gasteiger partial charge in [0.15, 0.2) is 0 Å². The van der Waals surface area contributed by atoms with E-state index in [0.717, 1.165) is 0 Å². The minimum absolute atomic E-state index is 0.319. The van der Waals surface area contributed by atoms with Gasteiger partial charge in [0, 0.05) is 18.0 Å². The van der Waals surface area contributed by atoms with Crippen LogP contribution in [-0.4, -0.2) is 20.2 Å². The molecule has 0 unspecified atom stereocenters. The number of rotatable bonds is 2. The van der Waals surface area contributed by atoms with Crippen molar-refractivity contribution in [3.8, 4) is 0 Å². The summed E-state index contributed by atoms with van der Waals surface area (Å²) in [5, 5.41) is 0.758. The predicted octanol–water partition coefficient (Wildman–Crippen LogP) is 3.27. The van der Waals surface area contributed by atoms with E-state index in [1.807, 2.05) is 20.8 Å². The molecule has 1 aromatic rings. The van der Waals surface area contributed by atoms with Crippen LogP contribution in [0.4, 0.5) is 0 Å². The summed E-state index contributed by atoms with van der Waals surface area (Å²) in [6.07, 6.45) is 2.95. The molecule has 1 heterocycles. The highest BCUT2D eigenvalue weighted by molar-refractivity contribution is 7.85. The quantitative estimate of drug-likeness (QED) is 0.616. The van der Waals surface area contributed by atoms with E-state index in [1.165, 1.54) is 18.5 Å². The first kappa shape index (κ1) is 13.6. The summed E-state index contributed by atoms with van der Waals surface area (Å²) >= 11 is 11.6. The summed E-state index contributed by atoms with van der Waals surface area (Å²) in [7, 11) is -1.30.